The molecule has 0 bridgehead atoms. The normalized spacial score (nSPS) is 16.4. The number of hydrogen-bond acceptors (Lipinski definition) is 5. The quantitative estimate of drug-likeness (QED) is 0.680. The summed E-state index contributed by atoms with van der Waals surface area (Å²) < 4.78 is 0. The van der Waals surface area contributed by atoms with Gasteiger partial charge in [0.15, 0.2) is 0 Å². The number of piperazine rings is 1. The minimum atomic E-state index is -0.0840. The van der Waals surface area contributed by atoms with Crippen LogP contribution in [-0.4, -0.2) is 42.1 Å². The van der Waals surface area contributed by atoms with Crippen molar-refractivity contribution in [2.45, 2.75) is 12.5 Å². The highest BCUT2D eigenvalue weighted by molar-refractivity contribution is 5.94. The lowest BCUT2D eigenvalue weighted by Crippen LogP contribution is -2.46. The Morgan fingerprint density at radius 1 is 1.07 bits per heavy atom. The second-order valence-electron chi connectivity index (χ2n) is 7.09. The number of carbonyl (C=O) groups excluding carboxylic acids is 1. The molecule has 6 nitrogen and oxygen atoms in total. The molecule has 2 aromatic heterocycles. The van der Waals surface area contributed by atoms with Gasteiger partial charge in [-0.05, 0) is 29.8 Å². The minimum Gasteiger partial charge on any atom is -0.353 e. The Balaban J connectivity index is 1.38. The van der Waals surface area contributed by atoms with Gasteiger partial charge in [0.05, 0.1) is 0 Å². The predicted octanol–water partition coefficient (Wildman–Crippen LogP) is 2.60. The Labute approximate surface area is 171 Å². The maximum atomic E-state index is 12.6. The fourth-order valence-corrected chi connectivity index (χ4v) is 3.55. The molecule has 1 aliphatic rings. The molecule has 1 fully saturated rings. The van der Waals surface area contributed by atoms with Crippen LogP contribution in [0.5, 0.6) is 0 Å². The van der Waals surface area contributed by atoms with Gasteiger partial charge in [0.2, 0.25) is 0 Å². The monoisotopic (exact) mass is 387 g/mol. The van der Waals surface area contributed by atoms with Crippen molar-refractivity contribution in [2.24, 2.45) is 0 Å². The molecule has 3 heterocycles. The summed E-state index contributed by atoms with van der Waals surface area (Å²) >= 11 is 0. The van der Waals surface area contributed by atoms with Crippen molar-refractivity contribution in [3.8, 4) is 0 Å². The zero-order valence-corrected chi connectivity index (χ0v) is 16.3. The molecule has 4 rings (SSSR count). The van der Waals surface area contributed by atoms with Crippen molar-refractivity contribution >= 4 is 11.7 Å². The minimum absolute atomic E-state index is 0.0840. The molecule has 1 atom stereocenters. The lowest BCUT2D eigenvalue weighted by Gasteiger charge is -2.34. The zero-order chi connectivity index (χ0) is 19.9. The van der Waals surface area contributed by atoms with E-state index in [4.69, 9.17) is 0 Å². The van der Waals surface area contributed by atoms with Crippen LogP contribution in [0.3, 0.4) is 0 Å². The predicted molar refractivity (Wildman–Crippen MR) is 114 cm³/mol. The maximum Gasteiger partial charge on any atom is 0.251 e. The van der Waals surface area contributed by atoms with E-state index in [-0.39, 0.29) is 11.9 Å². The molecule has 148 valence electrons. The molecular weight excluding hydrogens is 362 g/mol. The van der Waals surface area contributed by atoms with Gasteiger partial charge in [-0.3, -0.25) is 9.78 Å². The van der Waals surface area contributed by atoms with Gasteiger partial charge >= 0.3 is 0 Å². The first kappa shape index (κ1) is 19.1. The first-order chi connectivity index (χ1) is 14.3. The molecule has 29 heavy (non-hydrogen) atoms. The van der Waals surface area contributed by atoms with Crippen molar-refractivity contribution in [3.63, 3.8) is 0 Å². The summed E-state index contributed by atoms with van der Waals surface area (Å²) in [6.07, 6.45) is 4.19. The van der Waals surface area contributed by atoms with Crippen molar-refractivity contribution in [1.82, 2.24) is 20.6 Å². The summed E-state index contributed by atoms with van der Waals surface area (Å²) in [5.41, 5.74) is 2.86. The van der Waals surface area contributed by atoms with E-state index in [1.54, 1.807) is 18.5 Å². The van der Waals surface area contributed by atoms with Crippen molar-refractivity contribution in [2.75, 3.05) is 31.1 Å². The third-order valence-electron chi connectivity index (χ3n) is 5.10. The highest BCUT2D eigenvalue weighted by Gasteiger charge is 2.22. The van der Waals surface area contributed by atoms with E-state index in [1.807, 2.05) is 30.3 Å². The van der Waals surface area contributed by atoms with Crippen LogP contribution >= 0.6 is 0 Å². The molecule has 1 amide bonds. The van der Waals surface area contributed by atoms with Crippen molar-refractivity contribution < 1.29 is 4.79 Å². The van der Waals surface area contributed by atoms with Gasteiger partial charge in [-0.1, -0.05) is 36.4 Å². The topological polar surface area (TPSA) is 70.2 Å². The van der Waals surface area contributed by atoms with E-state index in [0.29, 0.717) is 18.5 Å². The van der Waals surface area contributed by atoms with Crippen LogP contribution < -0.4 is 15.5 Å². The molecule has 3 aromatic rings. The SMILES string of the molecule is O=C(NCCc1ccccn1)c1ccnc(N2CCNC(c3ccccc3)C2)c1. The fourth-order valence-electron chi connectivity index (χ4n) is 3.55. The van der Waals surface area contributed by atoms with Gasteiger partial charge in [-0.2, -0.15) is 0 Å². The molecular formula is C23H25N5O. The van der Waals surface area contributed by atoms with Crippen LogP contribution in [0.4, 0.5) is 5.82 Å². The van der Waals surface area contributed by atoms with Gasteiger partial charge in [0.1, 0.15) is 5.82 Å². The Kier molecular flexibility index (Phi) is 6.12. The molecule has 0 aliphatic carbocycles. The van der Waals surface area contributed by atoms with Gasteiger partial charge in [-0.15, -0.1) is 0 Å². The van der Waals surface area contributed by atoms with E-state index < -0.39 is 0 Å². The number of carbonyl (C=O) groups is 1. The fraction of sp³-hybridized carbons (Fsp3) is 0.261. The van der Waals surface area contributed by atoms with Gasteiger partial charge < -0.3 is 15.5 Å². The molecule has 0 saturated carbocycles. The average Bonchev–Trinajstić information content (AvgIpc) is 2.80. The number of aromatic nitrogens is 2. The summed E-state index contributed by atoms with van der Waals surface area (Å²) in [5.74, 6) is 0.754. The first-order valence-corrected chi connectivity index (χ1v) is 9.97. The highest BCUT2D eigenvalue weighted by atomic mass is 16.1. The number of anilines is 1. The van der Waals surface area contributed by atoms with E-state index in [9.17, 15) is 4.79 Å². The Hall–Kier alpha value is -3.25. The van der Waals surface area contributed by atoms with Crippen molar-refractivity contribution in [1.29, 1.82) is 0 Å². The molecule has 0 radical (unpaired) electrons. The maximum absolute atomic E-state index is 12.6. The number of benzene rings is 1. The lowest BCUT2D eigenvalue weighted by molar-refractivity contribution is 0.0954. The second kappa shape index (κ2) is 9.30. The number of nitrogens with one attached hydrogen (secondary N) is 2. The average molecular weight is 387 g/mol. The number of nitrogens with zero attached hydrogens (tertiary/aromatic N) is 3. The molecule has 1 unspecified atom stereocenters. The van der Waals surface area contributed by atoms with Crippen LogP contribution in [0.1, 0.15) is 27.7 Å². The Morgan fingerprint density at radius 3 is 2.76 bits per heavy atom. The van der Waals surface area contributed by atoms with Crippen LogP contribution in [-0.2, 0) is 6.42 Å². The van der Waals surface area contributed by atoms with E-state index in [0.717, 1.165) is 31.1 Å². The summed E-state index contributed by atoms with van der Waals surface area (Å²) in [6.45, 7) is 3.11. The molecule has 2 N–H and O–H groups in total. The van der Waals surface area contributed by atoms with Gasteiger partial charge in [0, 0.05) is 62.3 Å². The van der Waals surface area contributed by atoms with Crippen LogP contribution in [0, 0.1) is 0 Å². The standard InChI is InChI=1S/C23H25N5O/c29-23(27-13-10-20-8-4-5-11-24-20)19-9-12-26-22(16-19)28-15-14-25-21(17-28)18-6-2-1-3-7-18/h1-9,11-12,16,21,25H,10,13-15,17H2,(H,27,29). The molecule has 1 aliphatic heterocycles. The molecule has 0 spiro atoms. The summed E-state index contributed by atoms with van der Waals surface area (Å²) in [7, 11) is 0. The van der Waals surface area contributed by atoms with Crippen LogP contribution in [0.15, 0.2) is 73.1 Å². The third kappa shape index (κ3) is 4.97. The number of hydrogen-bond donors (Lipinski definition) is 2. The zero-order valence-electron chi connectivity index (χ0n) is 16.3. The van der Waals surface area contributed by atoms with Gasteiger partial charge in [-0.25, -0.2) is 4.98 Å². The number of pyridine rings is 2. The molecule has 6 heteroatoms. The van der Waals surface area contributed by atoms with E-state index in [2.05, 4.69) is 49.8 Å². The van der Waals surface area contributed by atoms with Crippen molar-refractivity contribution in [3.05, 3.63) is 89.9 Å². The van der Waals surface area contributed by atoms with Crippen LogP contribution in [0.25, 0.3) is 0 Å². The summed E-state index contributed by atoms with van der Waals surface area (Å²) in [4.78, 5) is 23.6. The number of amides is 1. The van der Waals surface area contributed by atoms with Crippen LogP contribution in [0.2, 0.25) is 0 Å². The third-order valence-corrected chi connectivity index (χ3v) is 5.10. The first-order valence-electron chi connectivity index (χ1n) is 9.97. The van der Waals surface area contributed by atoms with Gasteiger partial charge in [0.25, 0.3) is 5.91 Å². The largest absolute Gasteiger partial charge is 0.353 e. The highest BCUT2D eigenvalue weighted by Crippen LogP contribution is 2.21. The molecule has 1 saturated heterocycles. The second-order valence-corrected chi connectivity index (χ2v) is 7.09. The van der Waals surface area contributed by atoms with E-state index in [1.165, 1.54) is 5.56 Å². The Morgan fingerprint density at radius 2 is 1.93 bits per heavy atom. The summed E-state index contributed by atoms with van der Waals surface area (Å²) in [6, 6.07) is 20.1. The van der Waals surface area contributed by atoms with E-state index >= 15 is 0 Å². The lowest BCUT2D eigenvalue weighted by atomic mass is 10.0. The number of rotatable bonds is 6. The molecule has 1 aromatic carbocycles. The summed E-state index contributed by atoms with van der Waals surface area (Å²) in [5, 5.41) is 6.54. The Bertz CT molecular complexity index is 932. The smallest absolute Gasteiger partial charge is 0.251 e.